The SMILES string of the molecule is O=C(CN1CCN(c2ccc3c(c2)OCCO3)C1=O)NCCn1nc(-c2ccco2)ccc1=O. The third-order valence-corrected chi connectivity index (χ3v) is 5.55. The van der Waals surface area contributed by atoms with Crippen LogP contribution < -0.4 is 25.2 Å². The topological polar surface area (TPSA) is 119 Å². The first-order chi connectivity index (χ1) is 16.6. The van der Waals surface area contributed by atoms with Crippen LogP contribution in [0.25, 0.3) is 11.5 Å². The van der Waals surface area contributed by atoms with E-state index in [1.165, 1.54) is 21.9 Å². The van der Waals surface area contributed by atoms with Crippen LogP contribution in [-0.4, -0.2) is 66.0 Å². The van der Waals surface area contributed by atoms with Crippen molar-refractivity contribution in [2.45, 2.75) is 6.54 Å². The van der Waals surface area contributed by atoms with Gasteiger partial charge in [0.15, 0.2) is 17.3 Å². The minimum absolute atomic E-state index is 0.0748. The lowest BCUT2D eigenvalue weighted by Gasteiger charge is -2.22. The van der Waals surface area contributed by atoms with Crippen LogP contribution in [0.2, 0.25) is 0 Å². The summed E-state index contributed by atoms with van der Waals surface area (Å²) in [5.41, 5.74) is 0.936. The summed E-state index contributed by atoms with van der Waals surface area (Å²) in [6.45, 7) is 2.16. The van der Waals surface area contributed by atoms with Gasteiger partial charge in [-0.15, -0.1) is 0 Å². The third-order valence-electron chi connectivity index (χ3n) is 5.55. The predicted molar refractivity (Wildman–Crippen MR) is 121 cm³/mol. The monoisotopic (exact) mass is 465 g/mol. The van der Waals surface area contributed by atoms with E-state index in [0.29, 0.717) is 54.9 Å². The van der Waals surface area contributed by atoms with Crippen molar-refractivity contribution in [1.29, 1.82) is 0 Å². The molecule has 0 radical (unpaired) electrons. The molecule has 1 N–H and O–H groups in total. The van der Waals surface area contributed by atoms with E-state index in [4.69, 9.17) is 13.9 Å². The molecule has 0 spiro atoms. The fourth-order valence-corrected chi connectivity index (χ4v) is 3.86. The Bertz CT molecular complexity index is 1250. The molecule has 1 saturated heterocycles. The van der Waals surface area contributed by atoms with E-state index in [0.717, 1.165) is 0 Å². The van der Waals surface area contributed by atoms with Crippen molar-refractivity contribution in [2.24, 2.45) is 0 Å². The number of anilines is 1. The molecule has 0 bridgehead atoms. The van der Waals surface area contributed by atoms with Crippen LogP contribution in [0.15, 0.2) is 57.9 Å². The van der Waals surface area contributed by atoms with E-state index in [2.05, 4.69) is 10.4 Å². The van der Waals surface area contributed by atoms with Gasteiger partial charge in [-0.1, -0.05) is 0 Å². The lowest BCUT2D eigenvalue weighted by atomic mass is 10.2. The number of carbonyl (C=O) groups excluding carboxylic acids is 2. The molecular weight excluding hydrogens is 442 g/mol. The van der Waals surface area contributed by atoms with E-state index in [1.807, 2.05) is 0 Å². The zero-order valence-electron chi connectivity index (χ0n) is 18.3. The van der Waals surface area contributed by atoms with E-state index in [1.54, 1.807) is 41.3 Å². The standard InChI is InChI=1S/C23H23N5O6/c29-21(24-7-8-28-22(30)6-4-17(25-28)18-2-1-11-32-18)15-26-9-10-27(23(26)31)16-3-5-19-20(14-16)34-13-12-33-19/h1-6,11,14H,7-10,12-13,15H2,(H,24,29). The van der Waals surface area contributed by atoms with Gasteiger partial charge in [-0.05, 0) is 30.3 Å². The minimum atomic E-state index is -0.312. The van der Waals surface area contributed by atoms with Gasteiger partial charge in [0.05, 0.1) is 12.8 Å². The Morgan fingerprint density at radius 1 is 1.03 bits per heavy atom. The highest BCUT2D eigenvalue weighted by Crippen LogP contribution is 2.34. The van der Waals surface area contributed by atoms with Crippen LogP contribution in [-0.2, 0) is 11.3 Å². The maximum Gasteiger partial charge on any atom is 0.325 e. The number of amides is 3. The van der Waals surface area contributed by atoms with Crippen molar-refractivity contribution < 1.29 is 23.5 Å². The number of hydrogen-bond acceptors (Lipinski definition) is 7. The number of hydrogen-bond donors (Lipinski definition) is 1. The molecular formula is C23H23N5O6. The zero-order chi connectivity index (χ0) is 23.5. The van der Waals surface area contributed by atoms with Crippen molar-refractivity contribution in [3.63, 3.8) is 0 Å². The normalized spacial score (nSPS) is 15.0. The second-order valence-electron chi connectivity index (χ2n) is 7.79. The minimum Gasteiger partial charge on any atom is -0.486 e. The Morgan fingerprint density at radius 2 is 1.88 bits per heavy atom. The fourth-order valence-electron chi connectivity index (χ4n) is 3.86. The number of urea groups is 1. The summed E-state index contributed by atoms with van der Waals surface area (Å²) in [6.07, 6.45) is 1.53. The zero-order valence-corrected chi connectivity index (χ0v) is 18.3. The lowest BCUT2D eigenvalue weighted by Crippen LogP contribution is -2.41. The van der Waals surface area contributed by atoms with Gasteiger partial charge in [-0.25, -0.2) is 9.48 Å². The van der Waals surface area contributed by atoms with Gasteiger partial charge < -0.3 is 24.1 Å². The summed E-state index contributed by atoms with van der Waals surface area (Å²) in [4.78, 5) is 40.4. The first-order valence-electron chi connectivity index (χ1n) is 10.9. The average molecular weight is 465 g/mol. The molecule has 4 heterocycles. The number of rotatable bonds is 7. The van der Waals surface area contributed by atoms with E-state index >= 15 is 0 Å². The molecule has 0 saturated carbocycles. The highest BCUT2D eigenvalue weighted by molar-refractivity contribution is 5.96. The van der Waals surface area contributed by atoms with Gasteiger partial charge >= 0.3 is 6.03 Å². The second-order valence-corrected chi connectivity index (χ2v) is 7.79. The Kier molecular flexibility index (Phi) is 5.90. The second kappa shape index (κ2) is 9.30. The van der Waals surface area contributed by atoms with Crippen molar-refractivity contribution in [1.82, 2.24) is 20.0 Å². The fraction of sp³-hybridized carbons (Fsp3) is 0.304. The molecule has 11 nitrogen and oxygen atoms in total. The molecule has 5 rings (SSSR count). The predicted octanol–water partition coefficient (Wildman–Crippen LogP) is 1.33. The van der Waals surface area contributed by atoms with Crippen molar-refractivity contribution in [2.75, 3.05) is 44.3 Å². The number of carbonyl (C=O) groups is 2. The number of aromatic nitrogens is 2. The van der Waals surface area contributed by atoms with Gasteiger partial charge in [0.25, 0.3) is 5.56 Å². The maximum atomic E-state index is 12.8. The Hall–Kier alpha value is -4.28. The highest BCUT2D eigenvalue weighted by Gasteiger charge is 2.31. The molecule has 2 aliphatic heterocycles. The first-order valence-corrected chi connectivity index (χ1v) is 10.9. The van der Waals surface area contributed by atoms with Gasteiger partial charge in [0.2, 0.25) is 5.91 Å². The maximum absolute atomic E-state index is 12.8. The van der Waals surface area contributed by atoms with Gasteiger partial charge in [0, 0.05) is 37.5 Å². The molecule has 0 aliphatic carbocycles. The molecule has 1 aromatic carbocycles. The quantitative estimate of drug-likeness (QED) is 0.559. The highest BCUT2D eigenvalue weighted by atomic mass is 16.6. The number of benzene rings is 1. The Labute approximate surface area is 194 Å². The summed E-state index contributed by atoms with van der Waals surface area (Å²) in [5, 5.41) is 7.01. The Balaban J connectivity index is 1.14. The average Bonchev–Trinajstić information content (AvgIpc) is 3.51. The molecule has 0 atom stereocenters. The number of nitrogens with one attached hydrogen (secondary N) is 1. The molecule has 1 fully saturated rings. The third kappa shape index (κ3) is 4.45. The van der Waals surface area contributed by atoms with Crippen molar-refractivity contribution >= 4 is 17.6 Å². The number of furan rings is 1. The molecule has 11 heteroatoms. The number of fused-ring (bicyclic) bond motifs is 1. The summed E-state index contributed by atoms with van der Waals surface area (Å²) in [7, 11) is 0. The van der Waals surface area contributed by atoms with Crippen molar-refractivity contribution in [3.05, 3.63) is 59.1 Å². The molecule has 3 aromatic rings. The molecule has 0 unspecified atom stereocenters. The van der Waals surface area contributed by atoms with Crippen LogP contribution in [0.4, 0.5) is 10.5 Å². The Morgan fingerprint density at radius 3 is 2.71 bits per heavy atom. The number of nitrogens with zero attached hydrogens (tertiary/aromatic N) is 4. The van der Waals surface area contributed by atoms with E-state index in [9.17, 15) is 14.4 Å². The summed E-state index contributed by atoms with van der Waals surface area (Å²) in [6, 6.07) is 11.6. The van der Waals surface area contributed by atoms with Crippen LogP contribution in [0.1, 0.15) is 0 Å². The molecule has 34 heavy (non-hydrogen) atoms. The molecule has 2 aromatic heterocycles. The summed E-state index contributed by atoms with van der Waals surface area (Å²) in [5.74, 6) is 1.49. The van der Waals surface area contributed by atoms with Crippen LogP contribution in [0, 0.1) is 0 Å². The van der Waals surface area contributed by atoms with Gasteiger partial charge in [0.1, 0.15) is 25.5 Å². The largest absolute Gasteiger partial charge is 0.486 e. The van der Waals surface area contributed by atoms with Gasteiger partial charge in [-0.3, -0.25) is 14.5 Å². The van der Waals surface area contributed by atoms with Crippen LogP contribution in [0.5, 0.6) is 11.5 Å². The van der Waals surface area contributed by atoms with Gasteiger partial charge in [-0.2, -0.15) is 5.10 Å². The molecule has 176 valence electrons. The van der Waals surface area contributed by atoms with E-state index < -0.39 is 0 Å². The van der Waals surface area contributed by atoms with Crippen LogP contribution >= 0.6 is 0 Å². The lowest BCUT2D eigenvalue weighted by molar-refractivity contribution is -0.121. The summed E-state index contributed by atoms with van der Waals surface area (Å²) < 4.78 is 17.7. The van der Waals surface area contributed by atoms with Crippen LogP contribution in [0.3, 0.4) is 0 Å². The molecule has 2 aliphatic rings. The van der Waals surface area contributed by atoms with Crippen molar-refractivity contribution in [3.8, 4) is 23.0 Å². The smallest absolute Gasteiger partial charge is 0.325 e. The first kappa shape index (κ1) is 21.6. The number of ether oxygens (including phenoxy) is 2. The molecule has 3 amide bonds. The van der Waals surface area contributed by atoms with E-state index in [-0.39, 0.29) is 37.1 Å². The summed E-state index contributed by atoms with van der Waals surface area (Å²) >= 11 is 0.